The summed E-state index contributed by atoms with van der Waals surface area (Å²) < 4.78 is 10.5. The molecule has 0 saturated carbocycles. The smallest absolute Gasteiger partial charge is 0.261 e. The molecule has 0 bridgehead atoms. The lowest BCUT2D eigenvalue weighted by Gasteiger charge is -2.07. The van der Waals surface area contributed by atoms with E-state index >= 15 is 0 Å². The number of aryl methyl sites for hydroxylation is 1. The molecule has 0 fully saturated rings. The predicted octanol–water partition coefficient (Wildman–Crippen LogP) is 2.47. The topological polar surface area (TPSA) is 119 Å². The van der Waals surface area contributed by atoms with Gasteiger partial charge in [-0.15, -0.1) is 0 Å². The van der Waals surface area contributed by atoms with Crippen molar-refractivity contribution in [3.8, 4) is 23.0 Å². The zero-order valence-electron chi connectivity index (χ0n) is 13.4. The molecule has 0 amide bonds. The van der Waals surface area contributed by atoms with Crippen LogP contribution in [0.5, 0.6) is 0 Å². The number of hydrogen-bond donors (Lipinski definition) is 2. The first-order chi connectivity index (χ1) is 12.3. The van der Waals surface area contributed by atoms with Crippen LogP contribution in [0.15, 0.2) is 45.7 Å². The van der Waals surface area contributed by atoms with Gasteiger partial charge in [0.1, 0.15) is 11.6 Å². The number of H-pyrrole nitrogens is 1. The normalized spacial score (nSPS) is 10.9. The Kier molecular flexibility index (Phi) is 3.95. The maximum Gasteiger partial charge on any atom is 0.261 e. The largest absolute Gasteiger partial charge is 0.461 e. The first-order valence-corrected chi connectivity index (χ1v) is 7.74. The van der Waals surface area contributed by atoms with Crippen molar-refractivity contribution < 1.29 is 8.94 Å². The van der Waals surface area contributed by atoms with E-state index in [1.54, 1.807) is 25.5 Å². The zero-order valence-corrected chi connectivity index (χ0v) is 13.4. The van der Waals surface area contributed by atoms with Crippen molar-refractivity contribution >= 4 is 5.82 Å². The molecular formula is C16H15N7O2. The van der Waals surface area contributed by atoms with E-state index in [1.165, 1.54) is 0 Å². The van der Waals surface area contributed by atoms with Gasteiger partial charge in [0.05, 0.1) is 11.8 Å². The molecule has 0 spiro atoms. The maximum absolute atomic E-state index is 5.28. The lowest BCUT2D eigenvalue weighted by atomic mass is 10.2. The monoisotopic (exact) mass is 337 g/mol. The van der Waals surface area contributed by atoms with Crippen LogP contribution < -0.4 is 5.32 Å². The Hall–Kier alpha value is -3.49. The molecule has 0 aliphatic rings. The molecule has 4 aromatic rings. The van der Waals surface area contributed by atoms with E-state index in [4.69, 9.17) is 8.94 Å². The van der Waals surface area contributed by atoms with Crippen molar-refractivity contribution in [3.05, 3.63) is 48.4 Å². The fraction of sp³-hybridized carbons (Fsp3) is 0.188. The Morgan fingerprint density at radius 3 is 2.96 bits per heavy atom. The van der Waals surface area contributed by atoms with Crippen LogP contribution in [-0.4, -0.2) is 36.9 Å². The summed E-state index contributed by atoms with van der Waals surface area (Å²) in [5.74, 6) is 3.63. The summed E-state index contributed by atoms with van der Waals surface area (Å²) in [6, 6.07) is 7.32. The molecule has 126 valence electrons. The minimum atomic E-state index is 0.438. The zero-order chi connectivity index (χ0) is 17.1. The molecule has 0 aliphatic heterocycles. The summed E-state index contributed by atoms with van der Waals surface area (Å²) in [7, 11) is 0. The van der Waals surface area contributed by atoms with Crippen LogP contribution in [0, 0.1) is 6.92 Å². The quantitative estimate of drug-likeness (QED) is 0.551. The summed E-state index contributed by atoms with van der Waals surface area (Å²) >= 11 is 0. The van der Waals surface area contributed by atoms with Crippen LogP contribution in [0.3, 0.4) is 0 Å². The molecule has 0 saturated heterocycles. The summed E-state index contributed by atoms with van der Waals surface area (Å²) in [5, 5.41) is 14.1. The molecule has 9 nitrogen and oxygen atoms in total. The van der Waals surface area contributed by atoms with Crippen molar-refractivity contribution in [2.45, 2.75) is 13.3 Å². The van der Waals surface area contributed by atoms with Crippen LogP contribution >= 0.6 is 0 Å². The Bertz CT molecular complexity index is 958. The number of nitrogens with zero attached hydrogens (tertiary/aromatic N) is 5. The third-order valence-electron chi connectivity index (χ3n) is 3.49. The lowest BCUT2D eigenvalue weighted by Crippen LogP contribution is -2.08. The Morgan fingerprint density at radius 2 is 2.16 bits per heavy atom. The average molecular weight is 337 g/mol. The van der Waals surface area contributed by atoms with E-state index in [0.717, 1.165) is 11.4 Å². The highest BCUT2D eigenvalue weighted by Gasteiger charge is 2.13. The third kappa shape index (κ3) is 3.25. The second-order valence-electron chi connectivity index (χ2n) is 5.31. The summed E-state index contributed by atoms with van der Waals surface area (Å²) in [4.78, 5) is 13.0. The van der Waals surface area contributed by atoms with Gasteiger partial charge in [-0.2, -0.15) is 10.1 Å². The van der Waals surface area contributed by atoms with Crippen molar-refractivity contribution in [3.63, 3.8) is 0 Å². The van der Waals surface area contributed by atoms with Gasteiger partial charge in [0.25, 0.3) is 5.89 Å². The van der Waals surface area contributed by atoms with Gasteiger partial charge in [0, 0.05) is 19.2 Å². The molecule has 9 heteroatoms. The maximum atomic E-state index is 5.28. The summed E-state index contributed by atoms with van der Waals surface area (Å²) in [6.45, 7) is 2.39. The van der Waals surface area contributed by atoms with Gasteiger partial charge in [-0.3, -0.25) is 5.10 Å². The molecule has 0 aliphatic carbocycles. The fourth-order valence-electron chi connectivity index (χ4n) is 2.35. The molecule has 4 heterocycles. The minimum absolute atomic E-state index is 0.438. The summed E-state index contributed by atoms with van der Waals surface area (Å²) in [6.07, 6.45) is 3.94. The van der Waals surface area contributed by atoms with Gasteiger partial charge in [0.2, 0.25) is 5.82 Å². The Balaban J connectivity index is 1.42. The third-order valence-corrected chi connectivity index (χ3v) is 3.49. The van der Waals surface area contributed by atoms with Crippen LogP contribution in [-0.2, 0) is 6.42 Å². The average Bonchev–Trinajstić information content (AvgIpc) is 3.36. The number of rotatable bonds is 6. The minimum Gasteiger partial charge on any atom is -0.461 e. The highest BCUT2D eigenvalue weighted by Crippen LogP contribution is 2.24. The van der Waals surface area contributed by atoms with Crippen molar-refractivity contribution in [1.82, 2.24) is 30.3 Å². The van der Waals surface area contributed by atoms with Gasteiger partial charge in [-0.25, -0.2) is 9.97 Å². The number of aromatic amines is 1. The first kappa shape index (κ1) is 15.1. The van der Waals surface area contributed by atoms with Crippen LogP contribution in [0.2, 0.25) is 0 Å². The molecule has 4 rings (SSSR count). The van der Waals surface area contributed by atoms with Crippen molar-refractivity contribution in [1.29, 1.82) is 0 Å². The van der Waals surface area contributed by atoms with Gasteiger partial charge in [0.15, 0.2) is 11.6 Å². The number of pyridine rings is 1. The molecule has 2 N–H and O–H groups in total. The highest BCUT2D eigenvalue weighted by atomic mass is 16.5. The van der Waals surface area contributed by atoms with E-state index in [2.05, 4.69) is 35.6 Å². The molecule has 25 heavy (non-hydrogen) atoms. The van der Waals surface area contributed by atoms with E-state index in [1.807, 2.05) is 18.2 Å². The molecule has 4 aromatic heterocycles. The standard InChI is InChI=1S/C16H15N7O2/c1-10-19-16(25-23-10)11-4-2-7-17-14(11)18-8-6-13-20-15(22-21-13)12-5-3-9-24-12/h2-5,7,9H,6,8H2,1H3,(H,17,18)(H,20,21,22). The van der Waals surface area contributed by atoms with E-state index < -0.39 is 0 Å². The van der Waals surface area contributed by atoms with Gasteiger partial charge >= 0.3 is 0 Å². The van der Waals surface area contributed by atoms with Crippen molar-refractivity contribution in [2.75, 3.05) is 11.9 Å². The van der Waals surface area contributed by atoms with Crippen LogP contribution in [0.25, 0.3) is 23.0 Å². The predicted molar refractivity (Wildman–Crippen MR) is 88.5 cm³/mol. The SMILES string of the molecule is Cc1noc(-c2cccnc2NCCc2nc(-c3ccco3)n[nH]2)n1. The fourth-order valence-corrected chi connectivity index (χ4v) is 2.35. The van der Waals surface area contributed by atoms with Crippen LogP contribution in [0.1, 0.15) is 11.6 Å². The first-order valence-electron chi connectivity index (χ1n) is 7.74. The highest BCUT2D eigenvalue weighted by molar-refractivity contribution is 5.68. The number of nitrogens with one attached hydrogen (secondary N) is 2. The number of hydrogen-bond acceptors (Lipinski definition) is 8. The second kappa shape index (κ2) is 6.56. The number of furan rings is 1. The van der Waals surface area contributed by atoms with E-state index in [-0.39, 0.29) is 0 Å². The molecule has 0 aromatic carbocycles. The molecular weight excluding hydrogens is 322 g/mol. The number of aromatic nitrogens is 6. The van der Waals surface area contributed by atoms with Gasteiger partial charge in [-0.1, -0.05) is 5.16 Å². The Morgan fingerprint density at radius 1 is 1.20 bits per heavy atom. The Labute approximate surface area is 142 Å². The van der Waals surface area contributed by atoms with Gasteiger partial charge in [-0.05, 0) is 31.2 Å². The molecule has 0 unspecified atom stereocenters. The van der Waals surface area contributed by atoms with Gasteiger partial charge < -0.3 is 14.3 Å². The summed E-state index contributed by atoms with van der Waals surface area (Å²) in [5.41, 5.74) is 0.761. The van der Waals surface area contributed by atoms with Crippen molar-refractivity contribution in [2.24, 2.45) is 0 Å². The lowest BCUT2D eigenvalue weighted by molar-refractivity contribution is 0.425. The van der Waals surface area contributed by atoms with Crippen LogP contribution in [0.4, 0.5) is 5.82 Å². The second-order valence-corrected chi connectivity index (χ2v) is 5.31. The molecule has 0 atom stereocenters. The van der Waals surface area contributed by atoms with E-state index in [9.17, 15) is 0 Å². The van der Waals surface area contributed by atoms with E-state index in [0.29, 0.717) is 42.1 Å². The molecule has 0 radical (unpaired) electrons. The number of anilines is 1.